The second-order valence-electron chi connectivity index (χ2n) is 7.95. The van der Waals surface area contributed by atoms with Gasteiger partial charge in [-0.3, -0.25) is 9.78 Å². The van der Waals surface area contributed by atoms with Crippen molar-refractivity contribution >= 4 is 5.91 Å². The van der Waals surface area contributed by atoms with Gasteiger partial charge in [-0.1, -0.05) is 13.0 Å². The van der Waals surface area contributed by atoms with Crippen LogP contribution >= 0.6 is 0 Å². The molecule has 2 aliphatic rings. The van der Waals surface area contributed by atoms with E-state index in [1.54, 1.807) is 12.4 Å². The highest BCUT2D eigenvalue weighted by molar-refractivity contribution is 5.76. The van der Waals surface area contributed by atoms with Gasteiger partial charge in [0, 0.05) is 31.9 Å². The number of aromatic nitrogens is 1. The Hall–Kier alpha value is -2.56. The lowest BCUT2D eigenvalue weighted by atomic mass is 9.77. The number of fused-ring (bicyclic) bond motifs is 1. The molecule has 2 aromatic rings. The van der Waals surface area contributed by atoms with Gasteiger partial charge in [0.1, 0.15) is 0 Å². The van der Waals surface area contributed by atoms with Crippen LogP contribution < -0.4 is 9.47 Å². The largest absolute Gasteiger partial charge is 0.454 e. The van der Waals surface area contributed by atoms with Crippen molar-refractivity contribution in [2.75, 3.05) is 19.9 Å². The highest BCUT2D eigenvalue weighted by Crippen LogP contribution is 2.37. The Balaban J connectivity index is 1.37. The lowest BCUT2D eigenvalue weighted by Crippen LogP contribution is -2.45. The van der Waals surface area contributed by atoms with Crippen LogP contribution in [0.5, 0.6) is 11.5 Å². The first-order valence-electron chi connectivity index (χ1n) is 9.67. The van der Waals surface area contributed by atoms with Crippen LogP contribution in [0.4, 0.5) is 0 Å². The third kappa shape index (κ3) is 4.24. The summed E-state index contributed by atoms with van der Waals surface area (Å²) < 4.78 is 10.9. The quantitative estimate of drug-likeness (QED) is 0.811. The molecule has 27 heavy (non-hydrogen) atoms. The Kier molecular flexibility index (Phi) is 5.01. The maximum absolute atomic E-state index is 12.7. The van der Waals surface area contributed by atoms with Crippen molar-refractivity contribution in [2.45, 2.75) is 39.0 Å². The number of likely N-dealkylation sites (tertiary alicyclic amines) is 1. The number of aryl methyl sites for hydroxylation is 1. The predicted molar refractivity (Wildman–Crippen MR) is 103 cm³/mol. The van der Waals surface area contributed by atoms with E-state index in [2.05, 4.69) is 28.9 Å². The molecule has 4 rings (SSSR count). The zero-order valence-corrected chi connectivity index (χ0v) is 15.8. The molecule has 1 aromatic heterocycles. The van der Waals surface area contributed by atoms with Gasteiger partial charge in [0.15, 0.2) is 11.5 Å². The fourth-order valence-corrected chi connectivity index (χ4v) is 4.18. The topological polar surface area (TPSA) is 51.7 Å². The summed E-state index contributed by atoms with van der Waals surface area (Å²) in [5.41, 5.74) is 2.50. The number of hydrogen-bond acceptors (Lipinski definition) is 4. The number of pyridine rings is 1. The van der Waals surface area contributed by atoms with Gasteiger partial charge in [0.25, 0.3) is 0 Å². The highest BCUT2D eigenvalue weighted by Gasteiger charge is 2.33. The molecule has 0 radical (unpaired) electrons. The molecule has 142 valence electrons. The van der Waals surface area contributed by atoms with E-state index < -0.39 is 0 Å². The minimum absolute atomic E-state index is 0.0955. The van der Waals surface area contributed by atoms with Gasteiger partial charge in [-0.05, 0) is 66.5 Å². The maximum atomic E-state index is 12.7. The standard InChI is InChI=1S/C22H26N2O3/c1-22(14-18-3-5-19-20(13-18)27-16-26-19)9-2-12-24(15-22)21(25)6-4-17-7-10-23-11-8-17/h3,5,7-8,10-11,13H,2,4,6,9,12,14-16H2,1H3/t22-/m0/s1. The zero-order chi connectivity index (χ0) is 18.7. The lowest BCUT2D eigenvalue weighted by Gasteiger charge is -2.41. The van der Waals surface area contributed by atoms with Gasteiger partial charge in [-0.15, -0.1) is 0 Å². The SMILES string of the molecule is C[C@@]1(Cc2ccc3c(c2)OCO3)CCCN(C(=O)CCc2ccncc2)C1. The number of amides is 1. The molecule has 0 N–H and O–H groups in total. The third-order valence-electron chi connectivity index (χ3n) is 5.58. The van der Waals surface area contributed by atoms with Gasteiger partial charge in [-0.25, -0.2) is 0 Å². The number of carbonyl (C=O) groups is 1. The Morgan fingerprint density at radius 2 is 1.96 bits per heavy atom. The molecular weight excluding hydrogens is 340 g/mol. The Morgan fingerprint density at radius 3 is 2.81 bits per heavy atom. The van der Waals surface area contributed by atoms with E-state index in [0.717, 1.165) is 50.3 Å². The van der Waals surface area contributed by atoms with Crippen LogP contribution in [0.3, 0.4) is 0 Å². The Morgan fingerprint density at radius 1 is 1.15 bits per heavy atom. The maximum Gasteiger partial charge on any atom is 0.231 e. The van der Waals surface area contributed by atoms with Crippen molar-refractivity contribution in [3.63, 3.8) is 0 Å². The summed E-state index contributed by atoms with van der Waals surface area (Å²) in [7, 11) is 0. The van der Waals surface area contributed by atoms with Crippen LogP contribution in [0, 0.1) is 5.41 Å². The second kappa shape index (κ2) is 7.59. The molecule has 5 nitrogen and oxygen atoms in total. The zero-order valence-electron chi connectivity index (χ0n) is 15.8. The minimum Gasteiger partial charge on any atom is -0.454 e. The summed E-state index contributed by atoms with van der Waals surface area (Å²) in [6.45, 7) is 4.28. The molecule has 5 heteroatoms. The predicted octanol–water partition coefficient (Wildman–Crippen LogP) is 3.61. The number of ether oxygens (including phenoxy) is 2. The summed E-state index contributed by atoms with van der Waals surface area (Å²) in [6, 6.07) is 10.1. The molecule has 0 unspecified atom stereocenters. The summed E-state index contributed by atoms with van der Waals surface area (Å²) in [5, 5.41) is 0. The molecule has 2 aliphatic heterocycles. The average molecular weight is 366 g/mol. The monoisotopic (exact) mass is 366 g/mol. The molecule has 1 atom stereocenters. The average Bonchev–Trinajstić information content (AvgIpc) is 3.14. The molecule has 0 aliphatic carbocycles. The number of hydrogen-bond donors (Lipinski definition) is 0. The summed E-state index contributed by atoms with van der Waals surface area (Å²) in [4.78, 5) is 18.8. The first-order chi connectivity index (χ1) is 13.1. The number of carbonyl (C=O) groups excluding carboxylic acids is 1. The number of nitrogens with zero attached hydrogens (tertiary/aromatic N) is 2. The van der Waals surface area contributed by atoms with Crippen LogP contribution in [-0.4, -0.2) is 35.7 Å². The fraction of sp³-hybridized carbons (Fsp3) is 0.455. The van der Waals surface area contributed by atoms with Crippen molar-refractivity contribution in [3.05, 3.63) is 53.9 Å². The van der Waals surface area contributed by atoms with Gasteiger partial charge in [-0.2, -0.15) is 0 Å². The van der Waals surface area contributed by atoms with E-state index in [-0.39, 0.29) is 11.3 Å². The van der Waals surface area contributed by atoms with Crippen molar-refractivity contribution in [3.8, 4) is 11.5 Å². The van der Waals surface area contributed by atoms with Crippen molar-refractivity contribution in [2.24, 2.45) is 5.41 Å². The molecular formula is C22H26N2O3. The van der Waals surface area contributed by atoms with Gasteiger partial charge < -0.3 is 14.4 Å². The van der Waals surface area contributed by atoms with Crippen molar-refractivity contribution in [1.82, 2.24) is 9.88 Å². The van der Waals surface area contributed by atoms with Crippen LogP contribution in [0.2, 0.25) is 0 Å². The molecule has 3 heterocycles. The van der Waals surface area contributed by atoms with Gasteiger partial charge in [0.05, 0.1) is 0 Å². The minimum atomic E-state index is 0.0955. The molecule has 0 spiro atoms. The second-order valence-corrected chi connectivity index (χ2v) is 7.95. The molecule has 1 amide bonds. The number of benzene rings is 1. The number of rotatable bonds is 5. The normalized spacial score (nSPS) is 21.3. The first-order valence-corrected chi connectivity index (χ1v) is 9.67. The molecule has 1 fully saturated rings. The smallest absolute Gasteiger partial charge is 0.231 e. The summed E-state index contributed by atoms with van der Waals surface area (Å²) >= 11 is 0. The van der Waals surface area contributed by atoms with Crippen LogP contribution in [0.15, 0.2) is 42.7 Å². The van der Waals surface area contributed by atoms with E-state index in [4.69, 9.17) is 9.47 Å². The summed E-state index contributed by atoms with van der Waals surface area (Å²) in [5.74, 6) is 1.90. The Bertz CT molecular complexity index is 808. The first kappa shape index (κ1) is 17.8. The van der Waals surface area contributed by atoms with Gasteiger partial charge in [0.2, 0.25) is 12.7 Å². The van der Waals surface area contributed by atoms with Crippen LogP contribution in [0.1, 0.15) is 37.3 Å². The number of piperidine rings is 1. The van der Waals surface area contributed by atoms with E-state index in [1.165, 1.54) is 11.1 Å². The van der Waals surface area contributed by atoms with Gasteiger partial charge >= 0.3 is 0 Å². The Labute approximate surface area is 160 Å². The van der Waals surface area contributed by atoms with Crippen LogP contribution in [-0.2, 0) is 17.6 Å². The van der Waals surface area contributed by atoms with E-state index in [9.17, 15) is 4.79 Å². The fourth-order valence-electron chi connectivity index (χ4n) is 4.18. The van der Waals surface area contributed by atoms with Crippen molar-refractivity contribution < 1.29 is 14.3 Å². The molecule has 0 saturated carbocycles. The lowest BCUT2D eigenvalue weighted by molar-refractivity contribution is -0.134. The summed E-state index contributed by atoms with van der Waals surface area (Å²) in [6.07, 6.45) is 8.03. The van der Waals surface area contributed by atoms with E-state index >= 15 is 0 Å². The highest BCUT2D eigenvalue weighted by atomic mass is 16.7. The molecule has 1 aromatic carbocycles. The molecule has 0 bridgehead atoms. The third-order valence-corrected chi connectivity index (χ3v) is 5.58. The van der Waals surface area contributed by atoms with E-state index in [0.29, 0.717) is 13.2 Å². The van der Waals surface area contributed by atoms with E-state index in [1.807, 2.05) is 18.2 Å². The van der Waals surface area contributed by atoms with Crippen LogP contribution in [0.25, 0.3) is 0 Å². The van der Waals surface area contributed by atoms with Crippen molar-refractivity contribution in [1.29, 1.82) is 0 Å². The molecule has 1 saturated heterocycles.